The Morgan fingerprint density at radius 3 is 2.07 bits per heavy atom. The zero-order valence-electron chi connectivity index (χ0n) is 19.3. The highest BCUT2D eigenvalue weighted by Crippen LogP contribution is 2.37. The van der Waals surface area contributed by atoms with Gasteiger partial charge in [0.25, 0.3) is 0 Å². The molecule has 1 saturated carbocycles. The van der Waals surface area contributed by atoms with Crippen molar-refractivity contribution in [1.29, 1.82) is 0 Å². The van der Waals surface area contributed by atoms with E-state index in [1.54, 1.807) is 0 Å². The van der Waals surface area contributed by atoms with Crippen LogP contribution < -0.4 is 0 Å². The number of nitrogens with zero attached hydrogens (tertiary/aromatic N) is 3. The highest BCUT2D eigenvalue weighted by atomic mass is 14.9. The van der Waals surface area contributed by atoms with Gasteiger partial charge in [-0.15, -0.1) is 0 Å². The molecule has 164 valence electrons. The summed E-state index contributed by atoms with van der Waals surface area (Å²) >= 11 is 0. The molecule has 2 aromatic rings. The van der Waals surface area contributed by atoms with Crippen LogP contribution in [0, 0.1) is 5.92 Å². The third kappa shape index (κ3) is 7.18. The van der Waals surface area contributed by atoms with Crippen LogP contribution in [-0.2, 0) is 6.42 Å². The maximum absolute atomic E-state index is 4.80. The second-order valence-corrected chi connectivity index (χ2v) is 9.26. The Labute approximate surface area is 184 Å². The largest absolute Gasteiger partial charge is 0.260 e. The lowest BCUT2D eigenvalue weighted by molar-refractivity contribution is 0.299. The first-order valence-electron chi connectivity index (χ1n) is 12.6. The molecule has 0 N–H and O–H groups in total. The Hall–Kier alpha value is -1.77. The summed E-state index contributed by atoms with van der Waals surface area (Å²) in [6.45, 7) is 4.54. The van der Waals surface area contributed by atoms with Gasteiger partial charge in [-0.2, -0.15) is 0 Å². The van der Waals surface area contributed by atoms with Crippen LogP contribution in [0.5, 0.6) is 0 Å². The van der Waals surface area contributed by atoms with Gasteiger partial charge >= 0.3 is 0 Å². The summed E-state index contributed by atoms with van der Waals surface area (Å²) in [5.74, 6) is 2.38. The molecular formula is C27H41N3. The third-order valence-corrected chi connectivity index (χ3v) is 6.80. The van der Waals surface area contributed by atoms with E-state index in [0.717, 1.165) is 23.7 Å². The van der Waals surface area contributed by atoms with Gasteiger partial charge in [-0.05, 0) is 62.1 Å². The zero-order valence-corrected chi connectivity index (χ0v) is 19.3. The number of pyridine rings is 1. The Bertz CT molecular complexity index is 700. The molecule has 0 bridgehead atoms. The minimum Gasteiger partial charge on any atom is -0.260 e. The Kier molecular flexibility index (Phi) is 9.79. The van der Waals surface area contributed by atoms with Crippen molar-refractivity contribution >= 4 is 0 Å². The van der Waals surface area contributed by atoms with Crippen LogP contribution in [0.4, 0.5) is 0 Å². The molecule has 1 aliphatic rings. The van der Waals surface area contributed by atoms with Gasteiger partial charge in [-0.25, -0.2) is 9.97 Å². The smallest absolute Gasteiger partial charge is 0.160 e. The number of hydrogen-bond donors (Lipinski definition) is 0. The molecule has 0 spiro atoms. The van der Waals surface area contributed by atoms with Crippen molar-refractivity contribution in [3.05, 3.63) is 42.0 Å². The van der Waals surface area contributed by atoms with Gasteiger partial charge in [0, 0.05) is 35.8 Å². The van der Waals surface area contributed by atoms with Gasteiger partial charge in [0.05, 0.1) is 0 Å². The monoisotopic (exact) mass is 407 g/mol. The van der Waals surface area contributed by atoms with E-state index in [2.05, 4.69) is 35.9 Å². The summed E-state index contributed by atoms with van der Waals surface area (Å²) < 4.78 is 0. The highest BCUT2D eigenvalue weighted by Gasteiger charge is 2.23. The van der Waals surface area contributed by atoms with Crippen molar-refractivity contribution < 1.29 is 0 Å². The molecule has 1 aliphatic carbocycles. The van der Waals surface area contributed by atoms with Crippen molar-refractivity contribution in [3.63, 3.8) is 0 Å². The lowest BCUT2D eigenvalue weighted by Gasteiger charge is -2.28. The van der Waals surface area contributed by atoms with E-state index in [1.807, 2.05) is 18.6 Å². The second kappa shape index (κ2) is 12.8. The van der Waals surface area contributed by atoms with Gasteiger partial charge in [0.15, 0.2) is 5.82 Å². The summed E-state index contributed by atoms with van der Waals surface area (Å²) in [5.41, 5.74) is 3.53. The predicted molar refractivity (Wildman–Crippen MR) is 127 cm³/mol. The topological polar surface area (TPSA) is 38.7 Å². The Balaban J connectivity index is 1.46. The molecule has 0 radical (unpaired) electrons. The highest BCUT2D eigenvalue weighted by molar-refractivity contribution is 5.53. The molecule has 1 fully saturated rings. The van der Waals surface area contributed by atoms with Gasteiger partial charge in [0.1, 0.15) is 0 Å². The SMILES string of the molecule is CCCCCCc1cnc(-c2ccc(C3CCC(CCCCCC)CC3)nc2)nc1. The molecule has 0 aliphatic heterocycles. The van der Waals surface area contributed by atoms with Crippen molar-refractivity contribution in [2.75, 3.05) is 0 Å². The normalized spacial score (nSPS) is 19.1. The summed E-state index contributed by atoms with van der Waals surface area (Å²) in [4.78, 5) is 14.0. The van der Waals surface area contributed by atoms with Crippen molar-refractivity contribution in [2.24, 2.45) is 5.92 Å². The van der Waals surface area contributed by atoms with Crippen molar-refractivity contribution in [2.45, 2.75) is 110 Å². The molecule has 0 amide bonds. The minimum atomic E-state index is 0.636. The van der Waals surface area contributed by atoms with E-state index in [4.69, 9.17) is 4.98 Å². The fraction of sp³-hybridized carbons (Fsp3) is 0.667. The summed E-state index contributed by atoms with van der Waals surface area (Å²) in [6.07, 6.45) is 24.5. The minimum absolute atomic E-state index is 0.636. The summed E-state index contributed by atoms with van der Waals surface area (Å²) in [5, 5.41) is 0. The van der Waals surface area contributed by atoms with E-state index >= 15 is 0 Å². The lowest BCUT2D eigenvalue weighted by atomic mass is 9.78. The first-order valence-corrected chi connectivity index (χ1v) is 12.6. The maximum atomic E-state index is 4.80. The van der Waals surface area contributed by atoms with E-state index in [-0.39, 0.29) is 0 Å². The maximum Gasteiger partial charge on any atom is 0.160 e. The van der Waals surface area contributed by atoms with Crippen molar-refractivity contribution in [3.8, 4) is 11.4 Å². The molecule has 3 nitrogen and oxygen atoms in total. The number of unbranched alkanes of at least 4 members (excludes halogenated alkanes) is 6. The average Bonchev–Trinajstić information content (AvgIpc) is 2.81. The first kappa shape index (κ1) is 22.9. The van der Waals surface area contributed by atoms with E-state index in [1.165, 1.54) is 94.7 Å². The molecule has 0 aromatic carbocycles. The van der Waals surface area contributed by atoms with Crippen LogP contribution in [-0.4, -0.2) is 15.0 Å². The van der Waals surface area contributed by atoms with Crippen LogP contribution >= 0.6 is 0 Å². The molecule has 0 unspecified atom stereocenters. The van der Waals surface area contributed by atoms with E-state index in [9.17, 15) is 0 Å². The molecule has 30 heavy (non-hydrogen) atoms. The molecule has 3 rings (SSSR count). The van der Waals surface area contributed by atoms with Gasteiger partial charge in [0.2, 0.25) is 0 Å². The molecule has 2 heterocycles. The zero-order chi connectivity index (χ0) is 21.0. The average molecular weight is 408 g/mol. The van der Waals surface area contributed by atoms with Crippen molar-refractivity contribution in [1.82, 2.24) is 15.0 Å². The first-order chi connectivity index (χ1) is 14.8. The fourth-order valence-corrected chi connectivity index (χ4v) is 4.77. The molecule has 0 atom stereocenters. The van der Waals surface area contributed by atoms with Crippen LogP contribution in [0.2, 0.25) is 0 Å². The Morgan fingerprint density at radius 2 is 1.43 bits per heavy atom. The quantitative estimate of drug-likeness (QED) is 0.335. The Morgan fingerprint density at radius 1 is 0.733 bits per heavy atom. The fourth-order valence-electron chi connectivity index (χ4n) is 4.77. The summed E-state index contributed by atoms with van der Waals surface area (Å²) in [7, 11) is 0. The van der Waals surface area contributed by atoms with E-state index < -0.39 is 0 Å². The predicted octanol–water partition coefficient (Wildman–Crippen LogP) is 7.91. The van der Waals surface area contributed by atoms with Gasteiger partial charge < -0.3 is 0 Å². The van der Waals surface area contributed by atoms with Crippen LogP contribution in [0.3, 0.4) is 0 Å². The van der Waals surface area contributed by atoms with Gasteiger partial charge in [-0.3, -0.25) is 4.98 Å². The number of hydrogen-bond acceptors (Lipinski definition) is 3. The standard InChI is InChI=1S/C27H41N3/c1-3-5-7-9-11-22-13-15-24(16-14-22)26-18-17-25(21-28-26)27-29-19-23(20-30-27)12-10-8-6-4-2/h17-22,24H,3-16H2,1-2H3. The summed E-state index contributed by atoms with van der Waals surface area (Å²) in [6, 6.07) is 4.37. The number of aryl methyl sites for hydroxylation is 1. The lowest BCUT2D eigenvalue weighted by Crippen LogP contribution is -2.14. The molecule has 0 saturated heterocycles. The van der Waals surface area contributed by atoms with Crippen LogP contribution in [0.15, 0.2) is 30.7 Å². The van der Waals surface area contributed by atoms with E-state index in [0.29, 0.717) is 5.92 Å². The third-order valence-electron chi connectivity index (χ3n) is 6.80. The number of aromatic nitrogens is 3. The second-order valence-electron chi connectivity index (χ2n) is 9.26. The molecule has 2 aromatic heterocycles. The van der Waals surface area contributed by atoms with Crippen LogP contribution in [0.25, 0.3) is 11.4 Å². The van der Waals surface area contributed by atoms with Crippen LogP contribution in [0.1, 0.15) is 114 Å². The number of rotatable bonds is 12. The molecule has 3 heteroatoms. The molecular weight excluding hydrogens is 366 g/mol. The van der Waals surface area contributed by atoms with Gasteiger partial charge in [-0.1, -0.05) is 65.2 Å².